The predicted molar refractivity (Wildman–Crippen MR) is 105 cm³/mol. The number of allylic oxidation sites excluding steroid dienone is 1. The van der Waals surface area contributed by atoms with Gasteiger partial charge in [0.2, 0.25) is 0 Å². The first-order valence-corrected chi connectivity index (χ1v) is 9.93. The third-order valence-corrected chi connectivity index (χ3v) is 5.38. The Hall–Kier alpha value is -1.85. The highest BCUT2D eigenvalue weighted by Gasteiger charge is 2.38. The molecule has 2 unspecified atom stereocenters. The lowest BCUT2D eigenvalue weighted by Gasteiger charge is -2.33. The molecule has 2 atom stereocenters. The molecule has 1 saturated heterocycles. The van der Waals surface area contributed by atoms with Gasteiger partial charge in [0, 0.05) is 31.2 Å². The van der Waals surface area contributed by atoms with Crippen molar-refractivity contribution in [1.82, 2.24) is 5.32 Å². The molecule has 2 aliphatic rings. The van der Waals surface area contributed by atoms with E-state index in [1.165, 1.54) is 5.56 Å². The van der Waals surface area contributed by atoms with Gasteiger partial charge in [-0.3, -0.25) is 0 Å². The molecule has 0 aliphatic carbocycles. The molecule has 3 rings (SSSR count). The zero-order valence-corrected chi connectivity index (χ0v) is 16.3. The summed E-state index contributed by atoms with van der Waals surface area (Å²) in [5, 5.41) is 8.59. The second kappa shape index (κ2) is 8.69. The molecule has 26 heavy (non-hydrogen) atoms. The molecule has 1 fully saturated rings. The van der Waals surface area contributed by atoms with E-state index >= 15 is 0 Å². The molecular weight excluding hydrogens is 326 g/mol. The van der Waals surface area contributed by atoms with Crippen LogP contribution in [-0.4, -0.2) is 43.2 Å². The Morgan fingerprint density at radius 3 is 2.54 bits per heavy atom. The fraction of sp³-hybridized carbons (Fsp3) is 0.571. The van der Waals surface area contributed by atoms with E-state index in [0.29, 0.717) is 23.3 Å². The van der Waals surface area contributed by atoms with Crippen LogP contribution in [-0.2, 0) is 4.74 Å². The van der Waals surface area contributed by atoms with E-state index in [2.05, 4.69) is 49.6 Å². The Kier molecular flexibility index (Phi) is 6.33. The minimum atomic E-state index is 0.306. The van der Waals surface area contributed by atoms with E-state index in [1.54, 1.807) is 0 Å². The summed E-state index contributed by atoms with van der Waals surface area (Å²) in [4.78, 5) is 0. The van der Waals surface area contributed by atoms with Crippen molar-refractivity contribution in [2.45, 2.75) is 52.1 Å². The lowest BCUT2D eigenvalue weighted by atomic mass is 10.0. The molecule has 2 aliphatic heterocycles. The smallest absolute Gasteiger partial charge is 0.148 e. The number of nitrogens with one attached hydrogen (secondary N) is 1. The van der Waals surface area contributed by atoms with Crippen molar-refractivity contribution in [3.8, 4) is 5.75 Å². The second-order valence-corrected chi connectivity index (χ2v) is 6.99. The molecule has 5 heteroatoms. The number of rotatable bonds is 8. The highest BCUT2D eigenvalue weighted by Crippen LogP contribution is 2.36. The Morgan fingerprint density at radius 2 is 1.92 bits per heavy atom. The predicted octanol–water partition coefficient (Wildman–Crippen LogP) is 3.98. The molecule has 0 aromatic heterocycles. The standard InChI is InChI=1S/C21H32N3O2/c1-4-21(17-7-9-20(10-8-17)26-6-3)24(5-2)16-19(15-22-24)23-18-11-13-25-14-12-18/h7-10,15-16,18,21,23H,4-6,11-14H2,1-3H3/q+1. The zero-order chi connectivity index (χ0) is 18.4. The Bertz CT molecular complexity index is 635. The van der Waals surface area contributed by atoms with Gasteiger partial charge < -0.3 is 14.8 Å². The van der Waals surface area contributed by atoms with Gasteiger partial charge in [-0.25, -0.2) is 0 Å². The average Bonchev–Trinajstić information content (AvgIpc) is 3.09. The zero-order valence-electron chi connectivity index (χ0n) is 16.3. The molecule has 0 spiro atoms. The van der Waals surface area contributed by atoms with Gasteiger partial charge in [-0.2, -0.15) is 4.59 Å². The fourth-order valence-corrected chi connectivity index (χ4v) is 3.96. The Labute approximate surface area is 157 Å². The summed E-state index contributed by atoms with van der Waals surface area (Å²) in [6.07, 6.45) is 7.46. The van der Waals surface area contributed by atoms with Gasteiger partial charge in [0.25, 0.3) is 0 Å². The highest BCUT2D eigenvalue weighted by molar-refractivity contribution is 5.78. The van der Waals surface area contributed by atoms with Crippen LogP contribution in [0.5, 0.6) is 5.75 Å². The van der Waals surface area contributed by atoms with E-state index in [4.69, 9.17) is 14.6 Å². The normalized spacial score (nSPS) is 24.3. The van der Waals surface area contributed by atoms with Crippen LogP contribution in [0.1, 0.15) is 51.6 Å². The van der Waals surface area contributed by atoms with Crippen molar-refractivity contribution >= 4 is 6.21 Å². The van der Waals surface area contributed by atoms with Crippen LogP contribution in [0.4, 0.5) is 0 Å². The maximum atomic E-state index is 5.59. The lowest BCUT2D eigenvalue weighted by molar-refractivity contribution is -0.913. The topological polar surface area (TPSA) is 42.8 Å². The summed E-state index contributed by atoms with van der Waals surface area (Å²) in [6.45, 7) is 9.78. The Balaban J connectivity index is 1.77. The van der Waals surface area contributed by atoms with Gasteiger partial charge in [0.15, 0.2) is 0 Å². The van der Waals surface area contributed by atoms with Crippen molar-refractivity contribution in [3.63, 3.8) is 0 Å². The SMILES string of the molecule is CCOc1ccc(C(CC)[N+]2(CC)C=C(NC3CCOCC3)C=N2)cc1. The van der Waals surface area contributed by atoms with Crippen molar-refractivity contribution in [2.75, 3.05) is 26.4 Å². The van der Waals surface area contributed by atoms with Gasteiger partial charge in [-0.05, 0) is 51.0 Å². The molecule has 0 saturated carbocycles. The number of quaternary nitrogens is 1. The number of ether oxygens (including phenoxy) is 2. The summed E-state index contributed by atoms with van der Waals surface area (Å²) in [5.74, 6) is 0.927. The largest absolute Gasteiger partial charge is 0.494 e. The van der Waals surface area contributed by atoms with E-state index in [1.807, 2.05) is 13.1 Å². The average molecular weight is 359 g/mol. The molecule has 0 radical (unpaired) electrons. The molecular formula is C21H32N3O2+. The number of hydrogen-bond acceptors (Lipinski definition) is 4. The molecule has 142 valence electrons. The van der Waals surface area contributed by atoms with Gasteiger partial charge >= 0.3 is 0 Å². The summed E-state index contributed by atoms with van der Waals surface area (Å²) in [5.41, 5.74) is 2.45. The fourth-order valence-electron chi connectivity index (χ4n) is 3.96. The van der Waals surface area contributed by atoms with Crippen molar-refractivity contribution < 1.29 is 14.1 Å². The van der Waals surface area contributed by atoms with Gasteiger partial charge in [0.1, 0.15) is 36.4 Å². The van der Waals surface area contributed by atoms with Crippen LogP contribution in [0.25, 0.3) is 0 Å². The van der Waals surface area contributed by atoms with E-state index in [0.717, 1.165) is 50.5 Å². The maximum absolute atomic E-state index is 5.59. The van der Waals surface area contributed by atoms with E-state index in [9.17, 15) is 0 Å². The maximum Gasteiger partial charge on any atom is 0.148 e. The number of hydrogen-bond donors (Lipinski definition) is 1. The number of nitrogens with zero attached hydrogens (tertiary/aromatic N) is 2. The minimum Gasteiger partial charge on any atom is -0.494 e. The molecule has 1 aromatic carbocycles. The van der Waals surface area contributed by atoms with E-state index in [-0.39, 0.29) is 0 Å². The van der Waals surface area contributed by atoms with Crippen molar-refractivity contribution in [3.05, 3.63) is 41.7 Å². The summed E-state index contributed by atoms with van der Waals surface area (Å²) in [7, 11) is 0. The van der Waals surface area contributed by atoms with Crippen LogP contribution in [0, 0.1) is 0 Å². The molecule has 0 bridgehead atoms. The third kappa shape index (κ3) is 4.10. The monoisotopic (exact) mass is 358 g/mol. The molecule has 1 aromatic rings. The first kappa shape index (κ1) is 18.9. The minimum absolute atomic E-state index is 0.306. The molecule has 5 nitrogen and oxygen atoms in total. The van der Waals surface area contributed by atoms with Crippen LogP contribution < -0.4 is 10.1 Å². The van der Waals surface area contributed by atoms with Crippen LogP contribution in [0.15, 0.2) is 41.3 Å². The van der Waals surface area contributed by atoms with Crippen LogP contribution >= 0.6 is 0 Å². The second-order valence-electron chi connectivity index (χ2n) is 6.99. The quantitative estimate of drug-likeness (QED) is 0.715. The van der Waals surface area contributed by atoms with Crippen LogP contribution in [0.2, 0.25) is 0 Å². The molecule has 0 amide bonds. The van der Waals surface area contributed by atoms with Crippen molar-refractivity contribution in [1.29, 1.82) is 0 Å². The van der Waals surface area contributed by atoms with Gasteiger partial charge in [-0.1, -0.05) is 12.0 Å². The lowest BCUT2D eigenvalue weighted by Crippen LogP contribution is -2.40. The summed E-state index contributed by atoms with van der Waals surface area (Å²) < 4.78 is 11.7. The summed E-state index contributed by atoms with van der Waals surface area (Å²) >= 11 is 0. The summed E-state index contributed by atoms with van der Waals surface area (Å²) in [6, 6.07) is 9.30. The molecule has 1 N–H and O–H groups in total. The highest BCUT2D eigenvalue weighted by atomic mass is 16.5. The van der Waals surface area contributed by atoms with Gasteiger partial charge in [-0.15, -0.1) is 0 Å². The van der Waals surface area contributed by atoms with Gasteiger partial charge in [0.05, 0.1) is 6.61 Å². The van der Waals surface area contributed by atoms with Crippen molar-refractivity contribution in [2.24, 2.45) is 5.10 Å². The first-order valence-electron chi connectivity index (χ1n) is 9.93. The third-order valence-electron chi connectivity index (χ3n) is 5.38. The molecule has 2 heterocycles. The number of benzene rings is 1. The first-order chi connectivity index (χ1) is 12.7. The van der Waals surface area contributed by atoms with E-state index < -0.39 is 0 Å². The Morgan fingerprint density at radius 1 is 1.19 bits per heavy atom. The van der Waals surface area contributed by atoms with Crippen LogP contribution in [0.3, 0.4) is 0 Å².